The molecule has 8 heteroatoms. The number of unbranched alkanes of at least 4 members (excludes halogenated alkanes) is 6. The number of hydrogen-bond acceptors (Lipinski definition) is 6. The molecule has 0 amide bonds. The molecule has 0 radical (unpaired) electrons. The highest BCUT2D eigenvalue weighted by atomic mass is 16.7. The van der Waals surface area contributed by atoms with Gasteiger partial charge in [-0.3, -0.25) is 0 Å². The van der Waals surface area contributed by atoms with Crippen LogP contribution in [0.5, 0.6) is 11.5 Å². The lowest BCUT2D eigenvalue weighted by Gasteiger charge is -2.19. The first-order chi connectivity index (χ1) is 14.8. The summed E-state index contributed by atoms with van der Waals surface area (Å²) >= 11 is 0. The van der Waals surface area contributed by atoms with Crippen LogP contribution in [0, 0.1) is 0 Å². The van der Waals surface area contributed by atoms with Gasteiger partial charge in [-0.1, -0.05) is 52.4 Å². The van der Waals surface area contributed by atoms with Gasteiger partial charge in [0, 0.05) is 5.46 Å². The molecule has 0 bridgehead atoms. The van der Waals surface area contributed by atoms with Crippen molar-refractivity contribution < 1.29 is 28.2 Å². The van der Waals surface area contributed by atoms with E-state index in [1.165, 1.54) is 38.5 Å². The summed E-state index contributed by atoms with van der Waals surface area (Å²) in [7, 11) is -0.409. The summed E-state index contributed by atoms with van der Waals surface area (Å²) in [5, 5.41) is 0. The second kappa shape index (κ2) is 13.3. The van der Waals surface area contributed by atoms with Crippen LogP contribution in [0.25, 0.3) is 0 Å². The zero-order chi connectivity index (χ0) is 21.0. The Morgan fingerprint density at radius 2 is 1.37 bits per heavy atom. The molecule has 0 spiro atoms. The van der Waals surface area contributed by atoms with Gasteiger partial charge in [-0.15, -0.1) is 0 Å². The molecule has 0 N–H and O–H groups in total. The van der Waals surface area contributed by atoms with Gasteiger partial charge in [0.1, 0.15) is 18.3 Å². The highest BCUT2D eigenvalue weighted by Crippen LogP contribution is 2.20. The Labute approximate surface area is 182 Å². The lowest BCUT2D eigenvalue weighted by atomic mass is 9.61. The van der Waals surface area contributed by atoms with E-state index in [2.05, 4.69) is 13.8 Å². The maximum atomic E-state index is 6.21. The number of benzene rings is 1. The number of hydrogen-bond donors (Lipinski definition) is 0. The van der Waals surface area contributed by atoms with E-state index >= 15 is 0 Å². The van der Waals surface area contributed by atoms with Gasteiger partial charge in [0.15, 0.2) is 0 Å². The third-order valence-corrected chi connectivity index (χ3v) is 5.50. The van der Waals surface area contributed by atoms with Crippen LogP contribution < -0.4 is 20.4 Å². The van der Waals surface area contributed by atoms with E-state index in [9.17, 15) is 0 Å². The molecule has 0 unspecified atom stereocenters. The molecular weight excluding hydrogens is 382 g/mol. The lowest BCUT2D eigenvalue weighted by Crippen LogP contribution is -2.39. The van der Waals surface area contributed by atoms with Crippen LogP contribution in [0.15, 0.2) is 12.1 Å². The Balaban J connectivity index is 1.77. The first-order valence-corrected chi connectivity index (χ1v) is 11.7. The van der Waals surface area contributed by atoms with Crippen LogP contribution in [0.1, 0.15) is 65.2 Å². The molecule has 1 aromatic carbocycles. The van der Waals surface area contributed by atoms with Crippen LogP contribution in [-0.2, 0) is 18.7 Å². The summed E-state index contributed by atoms with van der Waals surface area (Å²) in [6.45, 7) is 7.67. The SMILES string of the molecule is CCCCCCOc1cc(B2OCCO2)c(OCCCCCC)cc1B1COCO1. The van der Waals surface area contributed by atoms with Crippen LogP contribution >= 0.6 is 0 Å². The van der Waals surface area contributed by atoms with Gasteiger partial charge < -0.3 is 28.2 Å². The smallest absolute Gasteiger partial charge is 0.494 e. The first-order valence-electron chi connectivity index (χ1n) is 11.7. The van der Waals surface area contributed by atoms with Crippen molar-refractivity contribution >= 4 is 25.0 Å². The zero-order valence-corrected chi connectivity index (χ0v) is 18.7. The van der Waals surface area contributed by atoms with E-state index in [1.807, 2.05) is 12.1 Å². The minimum Gasteiger partial charge on any atom is -0.494 e. The molecule has 0 saturated carbocycles. The van der Waals surface area contributed by atoms with Crippen molar-refractivity contribution in [1.82, 2.24) is 0 Å². The molecule has 0 aliphatic carbocycles. The summed E-state index contributed by atoms with van der Waals surface area (Å²) in [6, 6.07) is 4.06. The van der Waals surface area contributed by atoms with E-state index < -0.39 is 7.12 Å². The van der Waals surface area contributed by atoms with Crippen molar-refractivity contribution in [2.45, 2.75) is 65.2 Å². The standard InChI is InChI=1S/C22H36B2O6/c1-3-5-7-9-11-26-21-16-20(24-28-13-14-29-24)22(27-12-10-8-6-4-2)15-19(21)23-17-25-18-30-23/h15-16H,3-14,17-18H2,1-2H3. The van der Waals surface area contributed by atoms with E-state index in [0.717, 1.165) is 35.3 Å². The highest BCUT2D eigenvalue weighted by molar-refractivity contribution is 6.69. The Kier molecular flexibility index (Phi) is 10.4. The van der Waals surface area contributed by atoms with Crippen molar-refractivity contribution in [2.75, 3.05) is 39.7 Å². The number of rotatable bonds is 14. The van der Waals surface area contributed by atoms with E-state index in [0.29, 0.717) is 39.7 Å². The molecule has 2 saturated heterocycles. The second-order valence-electron chi connectivity index (χ2n) is 7.96. The summed E-state index contributed by atoms with van der Waals surface area (Å²) in [6.07, 6.45) is 9.31. The van der Waals surface area contributed by atoms with Crippen LogP contribution in [0.3, 0.4) is 0 Å². The third kappa shape index (κ3) is 6.91. The van der Waals surface area contributed by atoms with Crippen LogP contribution in [-0.4, -0.2) is 53.8 Å². The van der Waals surface area contributed by atoms with Crippen molar-refractivity contribution in [3.05, 3.63) is 12.1 Å². The summed E-state index contributed by atoms with van der Waals surface area (Å²) in [4.78, 5) is 0. The monoisotopic (exact) mass is 418 g/mol. The Bertz CT molecular complexity index is 564. The summed E-state index contributed by atoms with van der Waals surface area (Å²) in [5.74, 6) is 1.61. The molecular formula is C22H36B2O6. The largest absolute Gasteiger partial charge is 0.497 e. The first kappa shape index (κ1) is 23.5. The summed E-state index contributed by atoms with van der Waals surface area (Å²) < 4.78 is 35.2. The predicted molar refractivity (Wildman–Crippen MR) is 120 cm³/mol. The molecule has 2 aliphatic rings. The molecule has 2 aliphatic heterocycles. The molecule has 3 rings (SSSR count). The average molecular weight is 418 g/mol. The van der Waals surface area contributed by atoms with Crippen LogP contribution in [0.4, 0.5) is 0 Å². The van der Waals surface area contributed by atoms with E-state index in [-0.39, 0.29) is 6.92 Å². The zero-order valence-electron chi connectivity index (χ0n) is 18.7. The fourth-order valence-electron chi connectivity index (χ4n) is 3.75. The van der Waals surface area contributed by atoms with Gasteiger partial charge in [0.2, 0.25) is 0 Å². The normalized spacial score (nSPS) is 16.5. The molecule has 0 aromatic heterocycles. The molecule has 166 valence electrons. The van der Waals surface area contributed by atoms with Gasteiger partial charge in [-0.2, -0.15) is 0 Å². The minimum absolute atomic E-state index is 0.141. The fourth-order valence-corrected chi connectivity index (χ4v) is 3.75. The molecule has 0 atom stereocenters. The molecule has 6 nitrogen and oxygen atoms in total. The van der Waals surface area contributed by atoms with Crippen LogP contribution in [0.2, 0.25) is 0 Å². The van der Waals surface area contributed by atoms with Crippen molar-refractivity contribution in [1.29, 1.82) is 0 Å². The average Bonchev–Trinajstić information content (AvgIpc) is 3.48. The lowest BCUT2D eigenvalue weighted by molar-refractivity contribution is 0.0909. The van der Waals surface area contributed by atoms with E-state index in [4.69, 9.17) is 28.2 Å². The van der Waals surface area contributed by atoms with Gasteiger partial charge in [-0.05, 0) is 30.4 Å². The topological polar surface area (TPSA) is 55.4 Å². The maximum absolute atomic E-state index is 6.21. The Morgan fingerprint density at radius 1 is 0.767 bits per heavy atom. The third-order valence-electron chi connectivity index (χ3n) is 5.50. The molecule has 1 aromatic rings. The van der Waals surface area contributed by atoms with Gasteiger partial charge in [0.05, 0.1) is 32.9 Å². The quantitative estimate of drug-likeness (QED) is 0.342. The molecule has 2 heterocycles. The van der Waals surface area contributed by atoms with Crippen molar-refractivity contribution in [3.8, 4) is 11.5 Å². The van der Waals surface area contributed by atoms with Gasteiger partial charge in [0.25, 0.3) is 0 Å². The maximum Gasteiger partial charge on any atom is 0.497 e. The summed E-state index contributed by atoms with van der Waals surface area (Å²) in [5.41, 5.74) is 1.88. The minimum atomic E-state index is -0.409. The molecule has 2 fully saturated rings. The van der Waals surface area contributed by atoms with Gasteiger partial charge >= 0.3 is 14.0 Å². The Morgan fingerprint density at radius 3 is 1.93 bits per heavy atom. The van der Waals surface area contributed by atoms with Crippen molar-refractivity contribution in [3.63, 3.8) is 0 Å². The predicted octanol–water partition coefficient (Wildman–Crippen LogP) is 3.09. The van der Waals surface area contributed by atoms with E-state index in [1.54, 1.807) is 0 Å². The van der Waals surface area contributed by atoms with Crippen molar-refractivity contribution in [2.24, 2.45) is 0 Å². The number of ether oxygens (including phenoxy) is 3. The van der Waals surface area contributed by atoms with Gasteiger partial charge in [-0.25, -0.2) is 0 Å². The fraction of sp³-hybridized carbons (Fsp3) is 0.727. The highest BCUT2D eigenvalue weighted by Gasteiger charge is 2.34. The Hall–Kier alpha value is -1.21. The second-order valence-corrected chi connectivity index (χ2v) is 7.96. The molecule has 30 heavy (non-hydrogen) atoms.